The minimum absolute atomic E-state index is 0.0237. The highest BCUT2D eigenvalue weighted by Gasteiger charge is 2.26. The fraction of sp³-hybridized carbons (Fsp3) is 0.316. The van der Waals surface area contributed by atoms with Crippen molar-refractivity contribution in [3.05, 3.63) is 58.9 Å². The largest absolute Gasteiger partial charge is 0.378 e. The highest BCUT2D eigenvalue weighted by molar-refractivity contribution is 6.07. The summed E-state index contributed by atoms with van der Waals surface area (Å²) in [6.45, 7) is 2.54. The van der Waals surface area contributed by atoms with Gasteiger partial charge in [0, 0.05) is 31.9 Å². The Labute approximate surface area is 136 Å². The van der Waals surface area contributed by atoms with Crippen LogP contribution in [0.3, 0.4) is 0 Å². The maximum atomic E-state index is 13.6. The van der Waals surface area contributed by atoms with Crippen molar-refractivity contribution in [2.45, 2.75) is 19.8 Å². The van der Waals surface area contributed by atoms with Crippen LogP contribution in [0, 0.1) is 12.7 Å². The summed E-state index contributed by atoms with van der Waals surface area (Å²) in [5, 5.41) is 0. The molecule has 120 valence electrons. The number of rotatable bonds is 2. The molecule has 4 heteroatoms. The maximum Gasteiger partial charge on any atom is 0.258 e. The van der Waals surface area contributed by atoms with Crippen molar-refractivity contribution in [2.75, 3.05) is 30.4 Å². The number of anilines is 2. The normalized spacial score (nSPS) is 13.7. The highest BCUT2D eigenvalue weighted by atomic mass is 19.1. The molecule has 1 amide bonds. The summed E-state index contributed by atoms with van der Waals surface area (Å²) in [4.78, 5) is 16.8. The SMILES string of the molecule is Cc1cc(F)cc2c1N(C(=O)c1cccc(N(C)C)c1)CCC2. The summed E-state index contributed by atoms with van der Waals surface area (Å²) in [5.74, 6) is -0.255. The van der Waals surface area contributed by atoms with Crippen LogP contribution >= 0.6 is 0 Å². The molecule has 0 saturated heterocycles. The third-order valence-corrected chi connectivity index (χ3v) is 4.30. The van der Waals surface area contributed by atoms with Crippen molar-refractivity contribution < 1.29 is 9.18 Å². The van der Waals surface area contributed by atoms with E-state index in [4.69, 9.17) is 0 Å². The number of halogens is 1. The topological polar surface area (TPSA) is 23.6 Å². The van der Waals surface area contributed by atoms with Gasteiger partial charge in [-0.1, -0.05) is 6.07 Å². The molecule has 0 radical (unpaired) electrons. The van der Waals surface area contributed by atoms with E-state index >= 15 is 0 Å². The van der Waals surface area contributed by atoms with Crippen molar-refractivity contribution in [1.82, 2.24) is 0 Å². The first-order valence-electron chi connectivity index (χ1n) is 7.85. The van der Waals surface area contributed by atoms with Crippen LogP contribution in [-0.4, -0.2) is 26.5 Å². The van der Waals surface area contributed by atoms with E-state index in [0.29, 0.717) is 12.1 Å². The van der Waals surface area contributed by atoms with Gasteiger partial charge in [-0.25, -0.2) is 4.39 Å². The summed E-state index contributed by atoms with van der Waals surface area (Å²) < 4.78 is 13.6. The molecule has 0 atom stereocenters. The maximum absolute atomic E-state index is 13.6. The summed E-state index contributed by atoms with van der Waals surface area (Å²) in [7, 11) is 3.90. The number of amides is 1. The van der Waals surface area contributed by atoms with Crippen LogP contribution < -0.4 is 9.80 Å². The molecule has 1 aliphatic heterocycles. The van der Waals surface area contributed by atoms with Crippen LogP contribution in [0.1, 0.15) is 27.9 Å². The minimum Gasteiger partial charge on any atom is -0.378 e. The third-order valence-electron chi connectivity index (χ3n) is 4.30. The Morgan fingerprint density at radius 2 is 2.00 bits per heavy atom. The molecule has 0 spiro atoms. The van der Waals surface area contributed by atoms with Gasteiger partial charge in [0.1, 0.15) is 5.82 Å². The lowest BCUT2D eigenvalue weighted by Crippen LogP contribution is -2.36. The second kappa shape index (κ2) is 6.03. The standard InChI is InChI=1S/C19H21FN2O/c1-13-10-16(20)11-14-7-5-9-22(18(13)14)19(23)15-6-4-8-17(12-15)21(2)3/h4,6,8,10-12H,5,7,9H2,1-3H3. The van der Waals surface area contributed by atoms with E-state index < -0.39 is 0 Å². The van der Waals surface area contributed by atoms with E-state index in [1.54, 1.807) is 11.0 Å². The van der Waals surface area contributed by atoms with Gasteiger partial charge in [-0.3, -0.25) is 4.79 Å². The Bertz CT molecular complexity index is 755. The molecule has 23 heavy (non-hydrogen) atoms. The molecule has 0 N–H and O–H groups in total. The zero-order chi connectivity index (χ0) is 16.6. The van der Waals surface area contributed by atoms with Crippen molar-refractivity contribution in [1.29, 1.82) is 0 Å². The summed E-state index contributed by atoms with van der Waals surface area (Å²) >= 11 is 0. The molecule has 0 bridgehead atoms. The zero-order valence-corrected chi connectivity index (χ0v) is 13.8. The number of hydrogen-bond donors (Lipinski definition) is 0. The Morgan fingerprint density at radius 3 is 2.74 bits per heavy atom. The predicted molar refractivity (Wildman–Crippen MR) is 91.9 cm³/mol. The second-order valence-electron chi connectivity index (χ2n) is 6.24. The lowest BCUT2D eigenvalue weighted by atomic mass is 9.97. The molecule has 1 aliphatic rings. The van der Waals surface area contributed by atoms with E-state index in [2.05, 4.69) is 0 Å². The molecule has 0 fully saturated rings. The third kappa shape index (κ3) is 2.93. The summed E-state index contributed by atoms with van der Waals surface area (Å²) in [5.41, 5.74) is 4.26. The Hall–Kier alpha value is -2.36. The Kier molecular flexibility index (Phi) is 4.07. The molecule has 2 aromatic rings. The molecule has 0 aromatic heterocycles. The zero-order valence-electron chi connectivity index (χ0n) is 13.8. The van der Waals surface area contributed by atoms with E-state index in [1.165, 1.54) is 6.07 Å². The lowest BCUT2D eigenvalue weighted by Gasteiger charge is -2.31. The van der Waals surface area contributed by atoms with Crippen LogP contribution in [0.5, 0.6) is 0 Å². The smallest absolute Gasteiger partial charge is 0.258 e. The number of hydrogen-bond acceptors (Lipinski definition) is 2. The highest BCUT2D eigenvalue weighted by Crippen LogP contribution is 2.33. The van der Waals surface area contributed by atoms with E-state index in [1.807, 2.05) is 50.2 Å². The van der Waals surface area contributed by atoms with Gasteiger partial charge >= 0.3 is 0 Å². The van der Waals surface area contributed by atoms with E-state index in [-0.39, 0.29) is 11.7 Å². The first-order chi connectivity index (χ1) is 11.0. The van der Waals surface area contributed by atoms with Gasteiger partial charge < -0.3 is 9.80 Å². The average Bonchev–Trinajstić information content (AvgIpc) is 2.53. The molecule has 0 unspecified atom stereocenters. The Balaban J connectivity index is 2.01. The number of benzene rings is 2. The number of fused-ring (bicyclic) bond motifs is 1. The van der Waals surface area contributed by atoms with Gasteiger partial charge in [-0.05, 0) is 61.2 Å². The number of carbonyl (C=O) groups is 1. The summed E-state index contributed by atoms with van der Waals surface area (Å²) in [6.07, 6.45) is 1.67. The first-order valence-corrected chi connectivity index (χ1v) is 7.85. The van der Waals surface area contributed by atoms with Crippen LogP contribution in [0.2, 0.25) is 0 Å². The number of nitrogens with zero attached hydrogens (tertiary/aromatic N) is 2. The molecule has 0 aliphatic carbocycles. The number of aryl methyl sites for hydroxylation is 2. The van der Waals surface area contributed by atoms with E-state index in [0.717, 1.165) is 35.3 Å². The van der Waals surface area contributed by atoms with Gasteiger partial charge in [0.15, 0.2) is 0 Å². The van der Waals surface area contributed by atoms with Gasteiger partial charge in [0.2, 0.25) is 0 Å². The molecule has 1 heterocycles. The van der Waals surface area contributed by atoms with Crippen molar-refractivity contribution in [2.24, 2.45) is 0 Å². The summed E-state index contributed by atoms with van der Waals surface area (Å²) in [6, 6.07) is 10.7. The van der Waals surface area contributed by atoms with Crippen LogP contribution in [0.25, 0.3) is 0 Å². The monoisotopic (exact) mass is 312 g/mol. The van der Waals surface area contributed by atoms with Crippen molar-refractivity contribution in [3.8, 4) is 0 Å². The quantitative estimate of drug-likeness (QED) is 0.842. The number of carbonyl (C=O) groups excluding carboxylic acids is 1. The fourth-order valence-electron chi connectivity index (χ4n) is 3.20. The first kappa shape index (κ1) is 15.5. The van der Waals surface area contributed by atoms with Gasteiger partial charge in [-0.2, -0.15) is 0 Å². The second-order valence-corrected chi connectivity index (χ2v) is 6.24. The van der Waals surface area contributed by atoms with Crippen LogP contribution in [0.4, 0.5) is 15.8 Å². The Morgan fingerprint density at radius 1 is 1.22 bits per heavy atom. The predicted octanol–water partition coefficient (Wildman–Crippen LogP) is 3.79. The molecule has 0 saturated carbocycles. The van der Waals surface area contributed by atoms with Crippen LogP contribution in [-0.2, 0) is 6.42 Å². The van der Waals surface area contributed by atoms with Gasteiger partial charge in [-0.15, -0.1) is 0 Å². The van der Waals surface area contributed by atoms with E-state index in [9.17, 15) is 9.18 Å². The minimum atomic E-state index is -0.231. The van der Waals surface area contributed by atoms with Gasteiger partial charge in [0.25, 0.3) is 5.91 Å². The lowest BCUT2D eigenvalue weighted by molar-refractivity contribution is 0.0985. The fourth-order valence-corrected chi connectivity index (χ4v) is 3.20. The van der Waals surface area contributed by atoms with Gasteiger partial charge in [0.05, 0.1) is 5.69 Å². The molecule has 2 aromatic carbocycles. The van der Waals surface area contributed by atoms with Crippen LogP contribution in [0.15, 0.2) is 36.4 Å². The molecular formula is C19H21FN2O. The average molecular weight is 312 g/mol. The van der Waals surface area contributed by atoms with Crippen molar-refractivity contribution in [3.63, 3.8) is 0 Å². The molecular weight excluding hydrogens is 291 g/mol. The molecule has 3 rings (SSSR count). The van der Waals surface area contributed by atoms with Crippen molar-refractivity contribution >= 4 is 17.3 Å². The molecule has 3 nitrogen and oxygen atoms in total.